The predicted molar refractivity (Wildman–Crippen MR) is 127 cm³/mol. The van der Waals surface area contributed by atoms with E-state index in [1.165, 1.54) is 0 Å². The van der Waals surface area contributed by atoms with Gasteiger partial charge >= 0.3 is 0 Å². The van der Waals surface area contributed by atoms with Gasteiger partial charge in [-0.3, -0.25) is 10.1 Å². The number of amides is 1. The summed E-state index contributed by atoms with van der Waals surface area (Å²) in [5, 5.41) is 7.04. The number of morpholine rings is 1. The van der Waals surface area contributed by atoms with Gasteiger partial charge in [0.05, 0.1) is 29.6 Å². The van der Waals surface area contributed by atoms with Gasteiger partial charge in [-0.15, -0.1) is 0 Å². The van der Waals surface area contributed by atoms with Gasteiger partial charge in [0.15, 0.2) is 10.9 Å². The lowest BCUT2D eigenvalue weighted by Gasteiger charge is -2.31. The highest BCUT2D eigenvalue weighted by Crippen LogP contribution is 2.34. The van der Waals surface area contributed by atoms with Crippen molar-refractivity contribution in [3.63, 3.8) is 0 Å². The Morgan fingerprint density at radius 1 is 1.03 bits per heavy atom. The molecular formula is C22H19Cl2N3O3S. The standard InChI is InChI=1S/C22H19Cl2N3O3S/c23-15-4-1-3-14(13-15)18-7-8-19(30-18)21(28)26-22(31)25-17-6-2-5-16(24)20(17)27-9-11-29-12-10-27/h1-8,13H,9-12H2,(H2,25,26,28,31). The van der Waals surface area contributed by atoms with Crippen LogP contribution in [0.5, 0.6) is 0 Å². The maximum atomic E-state index is 12.6. The van der Waals surface area contributed by atoms with Gasteiger partial charge < -0.3 is 19.4 Å². The Morgan fingerprint density at radius 3 is 2.58 bits per heavy atom. The van der Waals surface area contributed by atoms with Crippen LogP contribution in [0.4, 0.5) is 11.4 Å². The fraction of sp³-hybridized carbons (Fsp3) is 0.182. The molecule has 0 bridgehead atoms. The second-order valence-corrected chi connectivity index (χ2v) is 8.07. The first-order valence-corrected chi connectivity index (χ1v) is 10.8. The number of anilines is 2. The van der Waals surface area contributed by atoms with E-state index in [0.29, 0.717) is 34.7 Å². The van der Waals surface area contributed by atoms with Gasteiger partial charge in [0.1, 0.15) is 5.76 Å². The van der Waals surface area contributed by atoms with E-state index in [1.54, 1.807) is 24.3 Å². The number of nitrogens with one attached hydrogen (secondary N) is 2. The fourth-order valence-corrected chi connectivity index (χ4v) is 3.99. The summed E-state index contributed by atoms with van der Waals surface area (Å²) in [6.45, 7) is 2.69. The molecule has 9 heteroatoms. The molecule has 2 N–H and O–H groups in total. The number of halogens is 2. The minimum atomic E-state index is -0.458. The van der Waals surface area contributed by atoms with Gasteiger partial charge in [-0.2, -0.15) is 0 Å². The van der Waals surface area contributed by atoms with E-state index in [-0.39, 0.29) is 10.9 Å². The normalized spacial score (nSPS) is 13.7. The van der Waals surface area contributed by atoms with Crippen molar-refractivity contribution in [3.05, 3.63) is 70.4 Å². The maximum absolute atomic E-state index is 12.6. The number of ether oxygens (including phenoxy) is 1. The average Bonchev–Trinajstić information content (AvgIpc) is 3.25. The predicted octanol–water partition coefficient (Wildman–Crippen LogP) is 5.22. The van der Waals surface area contributed by atoms with Gasteiger partial charge in [0, 0.05) is 23.7 Å². The molecule has 1 saturated heterocycles. The number of thiocarbonyl (C=S) groups is 1. The van der Waals surface area contributed by atoms with Crippen molar-refractivity contribution < 1.29 is 13.9 Å². The van der Waals surface area contributed by atoms with Crippen molar-refractivity contribution in [1.29, 1.82) is 0 Å². The minimum absolute atomic E-state index is 0.138. The Balaban J connectivity index is 1.45. The number of rotatable bonds is 4. The number of carbonyl (C=O) groups excluding carboxylic acids is 1. The molecule has 6 nitrogen and oxygen atoms in total. The highest BCUT2D eigenvalue weighted by molar-refractivity contribution is 7.80. The largest absolute Gasteiger partial charge is 0.451 e. The number of hydrogen-bond acceptors (Lipinski definition) is 5. The summed E-state index contributed by atoms with van der Waals surface area (Å²) in [6.07, 6.45) is 0. The van der Waals surface area contributed by atoms with Crippen molar-refractivity contribution in [2.75, 3.05) is 36.5 Å². The summed E-state index contributed by atoms with van der Waals surface area (Å²) in [4.78, 5) is 14.7. The SMILES string of the molecule is O=C(NC(=S)Nc1cccc(Cl)c1N1CCOCC1)c1ccc(-c2cccc(Cl)c2)o1. The molecule has 2 heterocycles. The van der Waals surface area contributed by atoms with Crippen LogP contribution in [-0.2, 0) is 4.74 Å². The Bertz CT molecular complexity index is 1110. The molecule has 1 aliphatic rings. The molecule has 0 unspecified atom stereocenters. The Labute approximate surface area is 195 Å². The topological polar surface area (TPSA) is 66.7 Å². The van der Waals surface area contributed by atoms with Gasteiger partial charge in [0.2, 0.25) is 0 Å². The van der Waals surface area contributed by atoms with Crippen molar-refractivity contribution in [2.45, 2.75) is 0 Å². The molecule has 0 spiro atoms. The average molecular weight is 476 g/mol. The van der Waals surface area contributed by atoms with Crippen molar-refractivity contribution in [1.82, 2.24) is 5.32 Å². The van der Waals surface area contributed by atoms with Gasteiger partial charge in [-0.1, -0.05) is 41.4 Å². The summed E-state index contributed by atoms with van der Waals surface area (Å²) in [5.74, 6) is 0.218. The highest BCUT2D eigenvalue weighted by Gasteiger charge is 2.19. The number of para-hydroxylation sites is 1. The molecule has 4 rings (SSSR count). The number of carbonyl (C=O) groups is 1. The third-order valence-corrected chi connectivity index (χ3v) is 5.47. The van der Waals surface area contributed by atoms with E-state index in [2.05, 4.69) is 15.5 Å². The van der Waals surface area contributed by atoms with Gasteiger partial charge in [-0.25, -0.2) is 0 Å². The molecule has 160 valence electrons. The third-order valence-electron chi connectivity index (χ3n) is 4.73. The van der Waals surface area contributed by atoms with Crippen LogP contribution in [0.1, 0.15) is 10.6 Å². The number of hydrogen-bond donors (Lipinski definition) is 2. The summed E-state index contributed by atoms with van der Waals surface area (Å²) in [6, 6.07) is 16.0. The fourth-order valence-electron chi connectivity index (χ4n) is 3.30. The molecule has 1 fully saturated rings. The van der Waals surface area contributed by atoms with Crippen LogP contribution in [0.3, 0.4) is 0 Å². The first kappa shape index (κ1) is 21.6. The van der Waals surface area contributed by atoms with E-state index in [9.17, 15) is 4.79 Å². The first-order valence-electron chi connectivity index (χ1n) is 9.60. The molecule has 0 aliphatic carbocycles. The smallest absolute Gasteiger partial charge is 0.293 e. The van der Waals surface area contributed by atoms with Gasteiger partial charge in [0.25, 0.3) is 5.91 Å². The molecule has 31 heavy (non-hydrogen) atoms. The zero-order chi connectivity index (χ0) is 21.8. The molecule has 1 aliphatic heterocycles. The lowest BCUT2D eigenvalue weighted by molar-refractivity contribution is 0.0951. The van der Waals surface area contributed by atoms with Crippen LogP contribution < -0.4 is 15.5 Å². The maximum Gasteiger partial charge on any atom is 0.293 e. The third kappa shape index (κ3) is 5.19. The highest BCUT2D eigenvalue weighted by atomic mass is 35.5. The molecule has 1 aromatic heterocycles. The number of furan rings is 1. The Morgan fingerprint density at radius 2 is 1.81 bits per heavy atom. The number of nitrogens with zero attached hydrogens (tertiary/aromatic N) is 1. The Hall–Kier alpha value is -2.58. The second kappa shape index (κ2) is 9.70. The summed E-state index contributed by atoms with van der Waals surface area (Å²) in [5.41, 5.74) is 2.31. The van der Waals surface area contributed by atoms with Crippen LogP contribution >= 0.6 is 35.4 Å². The van der Waals surface area contributed by atoms with Crippen molar-refractivity contribution in [3.8, 4) is 11.3 Å². The van der Waals surface area contributed by atoms with E-state index < -0.39 is 5.91 Å². The molecule has 0 atom stereocenters. The summed E-state index contributed by atoms with van der Waals surface area (Å²) < 4.78 is 11.1. The molecule has 3 aromatic rings. The van der Waals surface area contributed by atoms with E-state index in [4.69, 9.17) is 44.6 Å². The molecule has 1 amide bonds. The van der Waals surface area contributed by atoms with Gasteiger partial charge in [-0.05, 0) is 48.6 Å². The van der Waals surface area contributed by atoms with Crippen LogP contribution in [0.2, 0.25) is 10.0 Å². The lowest BCUT2D eigenvalue weighted by atomic mass is 10.2. The first-order chi connectivity index (χ1) is 15.0. The molecule has 0 saturated carbocycles. The van der Waals surface area contributed by atoms with E-state index in [1.807, 2.05) is 30.3 Å². The summed E-state index contributed by atoms with van der Waals surface area (Å²) in [7, 11) is 0. The quantitative estimate of drug-likeness (QED) is 0.504. The summed E-state index contributed by atoms with van der Waals surface area (Å²) >= 11 is 17.8. The number of benzene rings is 2. The van der Waals surface area contributed by atoms with Crippen molar-refractivity contribution >= 4 is 57.8 Å². The zero-order valence-electron chi connectivity index (χ0n) is 16.4. The van der Waals surface area contributed by atoms with Crippen molar-refractivity contribution in [2.24, 2.45) is 0 Å². The van der Waals surface area contributed by atoms with Crippen LogP contribution in [0, 0.1) is 0 Å². The lowest BCUT2D eigenvalue weighted by Crippen LogP contribution is -2.38. The molecular weight excluding hydrogens is 457 g/mol. The van der Waals surface area contributed by atoms with Crippen LogP contribution in [0.15, 0.2) is 59.0 Å². The Kier molecular flexibility index (Phi) is 6.77. The van der Waals surface area contributed by atoms with Crippen LogP contribution in [-0.4, -0.2) is 37.3 Å². The van der Waals surface area contributed by atoms with Crippen LogP contribution in [0.25, 0.3) is 11.3 Å². The molecule has 0 radical (unpaired) electrons. The monoisotopic (exact) mass is 475 g/mol. The molecule has 2 aromatic carbocycles. The second-order valence-electron chi connectivity index (χ2n) is 6.82. The zero-order valence-corrected chi connectivity index (χ0v) is 18.7. The minimum Gasteiger partial charge on any atom is -0.451 e. The van der Waals surface area contributed by atoms with E-state index in [0.717, 1.165) is 24.3 Å². The van der Waals surface area contributed by atoms with E-state index >= 15 is 0 Å².